The first-order chi connectivity index (χ1) is 13.4. The lowest BCUT2D eigenvalue weighted by atomic mass is 10.1. The minimum atomic E-state index is -0.429. The second-order valence-corrected chi connectivity index (χ2v) is 7.12. The third-order valence-corrected chi connectivity index (χ3v) is 5.29. The van der Waals surface area contributed by atoms with Crippen LogP contribution in [0.2, 0.25) is 0 Å². The summed E-state index contributed by atoms with van der Waals surface area (Å²) in [5, 5.41) is 2.91. The average Bonchev–Trinajstić information content (AvgIpc) is 3.05. The van der Waals surface area contributed by atoms with Gasteiger partial charge in [0.05, 0.1) is 12.7 Å². The molecule has 3 rings (SSSR count). The number of anilines is 2. The molecule has 1 aromatic heterocycles. The van der Waals surface area contributed by atoms with E-state index in [9.17, 15) is 9.59 Å². The van der Waals surface area contributed by atoms with Crippen LogP contribution < -0.4 is 10.2 Å². The van der Waals surface area contributed by atoms with Crippen LogP contribution in [0.3, 0.4) is 0 Å². The maximum atomic E-state index is 12.7. The molecule has 1 aliphatic heterocycles. The van der Waals surface area contributed by atoms with Crippen molar-refractivity contribution >= 4 is 23.3 Å². The minimum absolute atomic E-state index is 0.269. The van der Waals surface area contributed by atoms with E-state index in [-0.39, 0.29) is 5.91 Å². The maximum absolute atomic E-state index is 12.7. The summed E-state index contributed by atoms with van der Waals surface area (Å²) in [7, 11) is 3.48. The van der Waals surface area contributed by atoms with Crippen LogP contribution in [-0.4, -0.2) is 62.1 Å². The van der Waals surface area contributed by atoms with E-state index in [2.05, 4.69) is 27.1 Å². The number of nitrogens with zero attached hydrogens (tertiary/aromatic N) is 2. The van der Waals surface area contributed by atoms with Crippen molar-refractivity contribution in [1.29, 1.82) is 0 Å². The number of aryl methyl sites for hydroxylation is 1. The molecule has 0 unspecified atom stereocenters. The molecule has 2 aromatic rings. The number of likely N-dealkylation sites (N-methyl/N-ethyl adjacent to an activating group) is 1. The molecule has 2 N–H and O–H groups in total. The minimum Gasteiger partial charge on any atom is -0.465 e. The van der Waals surface area contributed by atoms with Gasteiger partial charge in [-0.15, -0.1) is 0 Å². The number of aromatic amines is 1. The lowest BCUT2D eigenvalue weighted by Crippen LogP contribution is -2.44. The molecule has 1 amide bonds. The first-order valence-electron chi connectivity index (χ1n) is 9.59. The van der Waals surface area contributed by atoms with Crippen LogP contribution in [-0.2, 0) is 11.2 Å². The molecule has 0 bridgehead atoms. The van der Waals surface area contributed by atoms with Crippen LogP contribution in [0.15, 0.2) is 24.3 Å². The molecule has 28 heavy (non-hydrogen) atoms. The third-order valence-electron chi connectivity index (χ3n) is 5.29. The second-order valence-electron chi connectivity index (χ2n) is 7.12. The fourth-order valence-electron chi connectivity index (χ4n) is 3.54. The Bertz CT molecular complexity index is 849. The Balaban J connectivity index is 1.73. The summed E-state index contributed by atoms with van der Waals surface area (Å²) in [5.74, 6) is -0.698. The van der Waals surface area contributed by atoms with Gasteiger partial charge in [-0.1, -0.05) is 6.92 Å². The van der Waals surface area contributed by atoms with Gasteiger partial charge in [-0.25, -0.2) is 4.79 Å². The summed E-state index contributed by atoms with van der Waals surface area (Å²) >= 11 is 0. The lowest BCUT2D eigenvalue weighted by Gasteiger charge is -2.34. The van der Waals surface area contributed by atoms with E-state index in [0.717, 1.165) is 37.6 Å². The average molecular weight is 384 g/mol. The number of rotatable bonds is 5. The van der Waals surface area contributed by atoms with E-state index in [4.69, 9.17) is 4.74 Å². The molecule has 0 saturated carbocycles. The zero-order valence-corrected chi connectivity index (χ0v) is 17.0. The Hall–Kier alpha value is -2.80. The van der Waals surface area contributed by atoms with Crippen molar-refractivity contribution in [3.63, 3.8) is 0 Å². The molecular weight excluding hydrogens is 356 g/mol. The number of piperazine rings is 1. The first-order valence-corrected chi connectivity index (χ1v) is 9.59. The van der Waals surface area contributed by atoms with E-state index in [0.29, 0.717) is 28.9 Å². The van der Waals surface area contributed by atoms with Crippen molar-refractivity contribution in [2.75, 3.05) is 50.6 Å². The number of hydrogen-bond acceptors (Lipinski definition) is 5. The van der Waals surface area contributed by atoms with Gasteiger partial charge < -0.3 is 24.8 Å². The molecule has 7 heteroatoms. The van der Waals surface area contributed by atoms with Crippen molar-refractivity contribution < 1.29 is 14.3 Å². The Labute approximate surface area is 165 Å². The number of esters is 1. The molecule has 1 aromatic carbocycles. The molecule has 0 radical (unpaired) electrons. The van der Waals surface area contributed by atoms with Gasteiger partial charge in [0, 0.05) is 43.2 Å². The number of H-pyrrole nitrogens is 1. The van der Waals surface area contributed by atoms with E-state index < -0.39 is 5.97 Å². The number of nitrogens with one attached hydrogen (secondary N) is 2. The van der Waals surface area contributed by atoms with Gasteiger partial charge in [-0.3, -0.25) is 4.79 Å². The van der Waals surface area contributed by atoms with Gasteiger partial charge in [-0.2, -0.15) is 0 Å². The maximum Gasteiger partial charge on any atom is 0.339 e. The van der Waals surface area contributed by atoms with Crippen LogP contribution in [0.1, 0.15) is 39.0 Å². The fourth-order valence-corrected chi connectivity index (χ4v) is 3.54. The van der Waals surface area contributed by atoms with E-state index in [1.807, 2.05) is 31.2 Å². The zero-order valence-electron chi connectivity index (χ0n) is 17.0. The topological polar surface area (TPSA) is 77.7 Å². The number of hydrogen-bond donors (Lipinski definition) is 2. The summed E-state index contributed by atoms with van der Waals surface area (Å²) in [6.45, 7) is 7.78. The SMILES string of the molecule is CCc1[nH]c(C(=O)Nc2ccc(N3CCN(C)CC3)cc2)c(C)c1C(=O)OC. The van der Waals surface area contributed by atoms with Crippen LogP contribution in [0.5, 0.6) is 0 Å². The van der Waals surface area contributed by atoms with Crippen molar-refractivity contribution in [3.05, 3.63) is 46.8 Å². The van der Waals surface area contributed by atoms with Gasteiger partial charge in [0.1, 0.15) is 5.69 Å². The van der Waals surface area contributed by atoms with E-state index in [1.165, 1.54) is 7.11 Å². The van der Waals surface area contributed by atoms with Gasteiger partial charge in [0.25, 0.3) is 5.91 Å². The molecule has 1 aliphatic rings. The second kappa shape index (κ2) is 8.48. The number of benzene rings is 1. The van der Waals surface area contributed by atoms with Gasteiger partial charge >= 0.3 is 5.97 Å². The molecule has 150 valence electrons. The van der Waals surface area contributed by atoms with E-state index in [1.54, 1.807) is 6.92 Å². The predicted molar refractivity (Wildman–Crippen MR) is 110 cm³/mol. The highest BCUT2D eigenvalue weighted by Gasteiger charge is 2.23. The number of ether oxygens (including phenoxy) is 1. The summed E-state index contributed by atoms with van der Waals surface area (Å²) in [6.07, 6.45) is 0.609. The predicted octanol–water partition coefficient (Wildman–Crippen LogP) is 2.68. The smallest absolute Gasteiger partial charge is 0.339 e. The van der Waals surface area contributed by atoms with Crippen LogP contribution >= 0.6 is 0 Å². The molecule has 0 atom stereocenters. The first kappa shape index (κ1) is 19.9. The quantitative estimate of drug-likeness (QED) is 0.775. The zero-order chi connectivity index (χ0) is 20.3. The van der Waals surface area contributed by atoms with Crippen molar-refractivity contribution in [2.45, 2.75) is 20.3 Å². The highest BCUT2D eigenvalue weighted by molar-refractivity contribution is 6.06. The standard InChI is InChI=1S/C21H28N4O3/c1-5-17-18(21(27)28-4)14(2)19(23-17)20(26)22-15-6-8-16(9-7-15)25-12-10-24(3)11-13-25/h6-9,23H,5,10-13H2,1-4H3,(H,22,26). The number of methoxy groups -OCH3 is 1. The van der Waals surface area contributed by atoms with Crippen LogP contribution in [0, 0.1) is 6.92 Å². The van der Waals surface area contributed by atoms with Crippen molar-refractivity contribution in [1.82, 2.24) is 9.88 Å². The highest BCUT2D eigenvalue weighted by atomic mass is 16.5. The molecule has 0 spiro atoms. The Morgan fingerprint density at radius 1 is 1.14 bits per heavy atom. The largest absolute Gasteiger partial charge is 0.465 e. The Morgan fingerprint density at radius 3 is 2.36 bits per heavy atom. The number of amides is 1. The van der Waals surface area contributed by atoms with Gasteiger partial charge in [0.2, 0.25) is 0 Å². The molecule has 1 fully saturated rings. The lowest BCUT2D eigenvalue weighted by molar-refractivity contribution is 0.0599. The Morgan fingerprint density at radius 2 is 1.79 bits per heavy atom. The summed E-state index contributed by atoms with van der Waals surface area (Å²) < 4.78 is 4.85. The Kier molecular flexibility index (Phi) is 6.04. The third kappa shape index (κ3) is 4.04. The molecule has 1 saturated heterocycles. The summed E-state index contributed by atoms with van der Waals surface area (Å²) in [4.78, 5) is 32.5. The van der Waals surface area contributed by atoms with Crippen LogP contribution in [0.4, 0.5) is 11.4 Å². The molecule has 7 nitrogen and oxygen atoms in total. The summed E-state index contributed by atoms with van der Waals surface area (Å²) in [5.41, 5.74) is 4.02. The van der Waals surface area contributed by atoms with Crippen molar-refractivity contribution in [2.24, 2.45) is 0 Å². The fraction of sp³-hybridized carbons (Fsp3) is 0.429. The normalized spacial score (nSPS) is 14.8. The van der Waals surface area contributed by atoms with Crippen molar-refractivity contribution in [3.8, 4) is 0 Å². The van der Waals surface area contributed by atoms with E-state index >= 15 is 0 Å². The summed E-state index contributed by atoms with van der Waals surface area (Å²) in [6, 6.07) is 7.87. The highest BCUT2D eigenvalue weighted by Crippen LogP contribution is 2.23. The van der Waals surface area contributed by atoms with Gasteiger partial charge in [0.15, 0.2) is 0 Å². The van der Waals surface area contributed by atoms with Crippen LogP contribution in [0.25, 0.3) is 0 Å². The molecular formula is C21H28N4O3. The molecule has 0 aliphatic carbocycles. The number of aromatic nitrogens is 1. The number of carbonyl (C=O) groups excluding carboxylic acids is 2. The van der Waals surface area contributed by atoms with Gasteiger partial charge in [-0.05, 0) is 50.2 Å². The monoisotopic (exact) mass is 384 g/mol. The number of carbonyl (C=O) groups is 2. The molecule has 2 heterocycles.